The Morgan fingerprint density at radius 2 is 1.60 bits per heavy atom. The van der Waals surface area contributed by atoms with Gasteiger partial charge in [-0.05, 0) is 124 Å². The molecular formula is C35H35Cl2N5. The summed E-state index contributed by atoms with van der Waals surface area (Å²) < 4.78 is 2.26. The van der Waals surface area contributed by atoms with Gasteiger partial charge in [0, 0.05) is 34.0 Å². The van der Waals surface area contributed by atoms with E-state index in [1.807, 2.05) is 42.5 Å². The molecule has 7 heteroatoms. The van der Waals surface area contributed by atoms with E-state index in [1.54, 1.807) is 0 Å². The Hall–Kier alpha value is -3.38. The van der Waals surface area contributed by atoms with Crippen molar-refractivity contribution in [1.29, 1.82) is 0 Å². The number of rotatable bonds is 6. The summed E-state index contributed by atoms with van der Waals surface area (Å²) in [6, 6.07) is 29.1. The van der Waals surface area contributed by atoms with Gasteiger partial charge >= 0.3 is 0 Å². The van der Waals surface area contributed by atoms with Crippen molar-refractivity contribution in [2.75, 3.05) is 25.0 Å². The second-order valence-corrected chi connectivity index (χ2v) is 12.4. The summed E-state index contributed by atoms with van der Waals surface area (Å²) >= 11 is 12.5. The predicted molar refractivity (Wildman–Crippen MR) is 174 cm³/mol. The van der Waals surface area contributed by atoms with Crippen molar-refractivity contribution in [1.82, 2.24) is 14.5 Å². The lowest BCUT2D eigenvalue weighted by molar-refractivity contribution is 0.0569. The maximum atomic E-state index is 6.28. The highest BCUT2D eigenvalue weighted by Gasteiger charge is 2.32. The van der Waals surface area contributed by atoms with Gasteiger partial charge in [-0.15, -0.1) is 0 Å². The van der Waals surface area contributed by atoms with E-state index in [-0.39, 0.29) is 0 Å². The Labute approximate surface area is 257 Å². The van der Waals surface area contributed by atoms with E-state index >= 15 is 0 Å². The first kappa shape index (κ1) is 27.5. The van der Waals surface area contributed by atoms with Gasteiger partial charge in [0.1, 0.15) is 0 Å². The van der Waals surface area contributed by atoms with Crippen LogP contribution in [0.15, 0.2) is 89.9 Å². The third-order valence-electron chi connectivity index (χ3n) is 8.92. The van der Waals surface area contributed by atoms with Gasteiger partial charge in [0.05, 0.1) is 33.5 Å². The van der Waals surface area contributed by atoms with Crippen LogP contribution in [0, 0.1) is 5.92 Å². The monoisotopic (exact) mass is 595 g/mol. The fourth-order valence-electron chi connectivity index (χ4n) is 6.89. The quantitative estimate of drug-likeness (QED) is 0.200. The van der Waals surface area contributed by atoms with Gasteiger partial charge in [-0.25, -0.2) is 4.98 Å². The highest BCUT2D eigenvalue weighted by Crippen LogP contribution is 2.34. The molecular weight excluding hydrogens is 561 g/mol. The zero-order chi connectivity index (χ0) is 28.5. The Morgan fingerprint density at radius 3 is 2.43 bits per heavy atom. The molecule has 0 spiro atoms. The van der Waals surface area contributed by atoms with Crippen LogP contribution >= 0.6 is 23.2 Å². The highest BCUT2D eigenvalue weighted by atomic mass is 35.5. The molecule has 4 aliphatic rings. The average molecular weight is 597 g/mol. The molecule has 3 aromatic rings. The number of para-hydroxylation sites is 2. The molecule has 1 aliphatic carbocycles. The minimum absolute atomic E-state index is 0.713. The second-order valence-electron chi connectivity index (χ2n) is 11.6. The van der Waals surface area contributed by atoms with Crippen LogP contribution in [0.3, 0.4) is 0 Å². The van der Waals surface area contributed by atoms with E-state index in [4.69, 9.17) is 33.2 Å². The molecule has 0 radical (unpaired) electrons. The van der Waals surface area contributed by atoms with Crippen molar-refractivity contribution in [2.24, 2.45) is 10.9 Å². The van der Waals surface area contributed by atoms with Crippen LogP contribution < -0.4 is 10.7 Å². The maximum absolute atomic E-state index is 6.28. The van der Waals surface area contributed by atoms with Gasteiger partial charge in [-0.1, -0.05) is 41.8 Å². The van der Waals surface area contributed by atoms with Gasteiger partial charge in [-0.2, -0.15) is 0 Å². The summed E-state index contributed by atoms with van der Waals surface area (Å²) in [6.45, 7) is 3.34. The molecule has 42 heavy (non-hydrogen) atoms. The van der Waals surface area contributed by atoms with E-state index in [9.17, 15) is 0 Å². The number of nitrogens with one attached hydrogen (secondary N) is 1. The van der Waals surface area contributed by atoms with Gasteiger partial charge in [0.15, 0.2) is 0 Å². The lowest BCUT2D eigenvalue weighted by Gasteiger charge is -2.44. The number of halogens is 2. The van der Waals surface area contributed by atoms with Crippen LogP contribution in [0.25, 0.3) is 28.1 Å². The first-order chi connectivity index (χ1) is 20.6. The molecule has 2 fully saturated rings. The van der Waals surface area contributed by atoms with E-state index in [2.05, 4.69) is 57.2 Å². The predicted octanol–water partition coefficient (Wildman–Crippen LogP) is 8.74. The molecule has 3 heterocycles. The lowest BCUT2D eigenvalue weighted by atomic mass is 9.82. The van der Waals surface area contributed by atoms with Gasteiger partial charge < -0.3 is 14.8 Å². The van der Waals surface area contributed by atoms with E-state index in [1.165, 1.54) is 45.2 Å². The molecule has 1 N–H and O–H groups in total. The van der Waals surface area contributed by atoms with Crippen LogP contribution in [0.5, 0.6) is 0 Å². The first-order valence-corrected chi connectivity index (χ1v) is 15.9. The van der Waals surface area contributed by atoms with Crippen molar-refractivity contribution in [3.05, 3.63) is 100 Å². The van der Waals surface area contributed by atoms with Gasteiger partial charge in [0.2, 0.25) is 0 Å². The largest absolute Gasteiger partial charge is 0.354 e. The molecule has 2 saturated heterocycles. The lowest BCUT2D eigenvalue weighted by Crippen LogP contribution is -2.48. The summed E-state index contributed by atoms with van der Waals surface area (Å²) in [7, 11) is 0. The molecule has 3 aromatic carbocycles. The van der Waals surface area contributed by atoms with Crippen molar-refractivity contribution in [3.63, 3.8) is 0 Å². The summed E-state index contributed by atoms with van der Waals surface area (Å²) in [5, 5.41) is 5.98. The van der Waals surface area contributed by atoms with Gasteiger partial charge in [0.25, 0.3) is 0 Å². The maximum Gasteiger partial charge on any atom is 0.0900 e. The number of fused-ring (bicyclic) bond motifs is 3. The van der Waals surface area contributed by atoms with Crippen molar-refractivity contribution >= 4 is 45.6 Å². The van der Waals surface area contributed by atoms with Crippen molar-refractivity contribution in [3.8, 4) is 17.1 Å². The fourth-order valence-corrected chi connectivity index (χ4v) is 7.15. The Balaban J connectivity index is 1.33. The number of benzene rings is 4. The number of anilines is 2. The summed E-state index contributed by atoms with van der Waals surface area (Å²) in [5.41, 5.74) is 6.81. The first-order valence-electron chi connectivity index (χ1n) is 15.1. The SMILES string of the molecule is Clc1ccc(Nc2cc3nc4ccccc4n(-c4ccc(Cl)cc4)c-3cc2=NCC[C@@H]2CCCN3CCCC[C@@H]23)cc1. The Morgan fingerprint density at radius 1 is 0.833 bits per heavy atom. The molecule has 7 rings (SSSR count). The fraction of sp³-hybridized carbons (Fsp3) is 0.314. The molecule has 214 valence electrons. The minimum atomic E-state index is 0.713. The molecule has 0 unspecified atom stereocenters. The van der Waals surface area contributed by atoms with E-state index in [0.717, 1.165) is 69.8 Å². The highest BCUT2D eigenvalue weighted by molar-refractivity contribution is 6.30. The molecule has 3 aliphatic heterocycles. The standard InChI is InChI=1S/C35H35Cl2N5/c36-25-10-14-27(15-11-25)39-31-22-32-35(23-30(31)38-19-18-24-6-5-21-41-20-4-3-8-33(24)41)42(28-16-12-26(37)13-17-28)34-9-2-1-7-29(34)40-32/h1-2,7,9-17,22-24,33,39H,3-6,8,18-21H2/t24-,33-/m0/s1. The van der Waals surface area contributed by atoms with E-state index < -0.39 is 0 Å². The second kappa shape index (κ2) is 12.1. The third kappa shape index (κ3) is 5.66. The van der Waals surface area contributed by atoms with Crippen LogP contribution in [-0.2, 0) is 0 Å². The zero-order valence-corrected chi connectivity index (χ0v) is 25.2. The van der Waals surface area contributed by atoms with Crippen LogP contribution in [0.2, 0.25) is 10.0 Å². The minimum Gasteiger partial charge on any atom is -0.354 e. The van der Waals surface area contributed by atoms with Crippen LogP contribution in [-0.4, -0.2) is 40.1 Å². The third-order valence-corrected chi connectivity index (χ3v) is 9.42. The summed E-state index contributed by atoms with van der Waals surface area (Å²) in [6.07, 6.45) is 7.79. The van der Waals surface area contributed by atoms with Gasteiger partial charge in [-0.3, -0.25) is 4.99 Å². The number of nitrogens with zero attached hydrogens (tertiary/aromatic N) is 4. The molecule has 0 saturated carbocycles. The number of piperidine rings is 2. The molecule has 2 atom stereocenters. The molecule has 5 nitrogen and oxygen atoms in total. The Bertz CT molecular complexity index is 1730. The van der Waals surface area contributed by atoms with Crippen LogP contribution in [0.1, 0.15) is 38.5 Å². The number of hydrogen-bond acceptors (Lipinski definition) is 4. The number of hydrogen-bond donors (Lipinski definition) is 1. The average Bonchev–Trinajstić information content (AvgIpc) is 3.02. The molecule has 0 aromatic heterocycles. The number of aromatic nitrogens is 2. The van der Waals surface area contributed by atoms with Crippen LogP contribution in [0.4, 0.5) is 11.4 Å². The Kier molecular flexibility index (Phi) is 7.90. The molecule has 0 amide bonds. The van der Waals surface area contributed by atoms with Crippen molar-refractivity contribution < 1.29 is 0 Å². The van der Waals surface area contributed by atoms with Crippen molar-refractivity contribution in [2.45, 2.75) is 44.6 Å². The summed E-state index contributed by atoms with van der Waals surface area (Å²) in [5.74, 6) is 0.723. The zero-order valence-electron chi connectivity index (χ0n) is 23.6. The smallest absolute Gasteiger partial charge is 0.0900 e. The summed E-state index contributed by atoms with van der Waals surface area (Å²) in [4.78, 5) is 13.1. The molecule has 0 bridgehead atoms. The normalized spacial score (nSPS) is 19.7. The van der Waals surface area contributed by atoms with E-state index in [0.29, 0.717) is 10.0 Å². The topological polar surface area (TPSA) is 45.5 Å².